The number of carbonyl (C=O) groups excluding carboxylic acids is 1. The summed E-state index contributed by atoms with van der Waals surface area (Å²) in [6.45, 7) is 2.20. The van der Waals surface area contributed by atoms with Gasteiger partial charge in [-0.05, 0) is 61.5 Å². The van der Waals surface area contributed by atoms with Crippen LogP contribution in [0, 0.1) is 6.92 Å². The summed E-state index contributed by atoms with van der Waals surface area (Å²) in [6.07, 6.45) is 0. The number of aryl methyl sites for hydroxylation is 1. The fraction of sp³-hybridized carbons (Fsp3) is 0.0833. The second-order valence-corrected chi connectivity index (χ2v) is 8.44. The number of anilines is 5. The molecule has 3 aromatic heterocycles. The molecule has 2 aromatic carbocycles. The summed E-state index contributed by atoms with van der Waals surface area (Å²) in [5.74, 6) is 2.56. The minimum Gasteiger partial charge on any atom is -0.465 e. The summed E-state index contributed by atoms with van der Waals surface area (Å²) in [5.41, 5.74) is 10.9. The van der Waals surface area contributed by atoms with Gasteiger partial charge in [0.25, 0.3) is 5.91 Å². The Hall–Kier alpha value is -4.44. The lowest BCUT2D eigenvalue weighted by Crippen LogP contribution is -2.22. The van der Waals surface area contributed by atoms with Crippen LogP contribution in [0.15, 0.2) is 70.6 Å². The SMILES string of the molecule is Cc1ccc(CNC(=O)c2ccc(Nc3cc(Nc4ccc5ncsc5c4)nc(N)n3)cc2)o1. The van der Waals surface area contributed by atoms with Crippen molar-refractivity contribution in [1.29, 1.82) is 0 Å². The molecule has 0 radical (unpaired) electrons. The lowest BCUT2D eigenvalue weighted by Gasteiger charge is -2.11. The van der Waals surface area contributed by atoms with Crippen molar-refractivity contribution >= 4 is 56.4 Å². The topological polar surface area (TPSA) is 131 Å². The first-order valence-electron chi connectivity index (χ1n) is 10.5. The number of fused-ring (bicyclic) bond motifs is 1. The summed E-state index contributed by atoms with van der Waals surface area (Å²) in [6, 6.07) is 18.4. The summed E-state index contributed by atoms with van der Waals surface area (Å²) in [4.78, 5) is 25.2. The highest BCUT2D eigenvalue weighted by Gasteiger charge is 2.09. The average molecular weight is 472 g/mol. The second-order valence-electron chi connectivity index (χ2n) is 7.55. The molecule has 5 aromatic rings. The largest absolute Gasteiger partial charge is 0.465 e. The van der Waals surface area contributed by atoms with E-state index in [9.17, 15) is 4.79 Å². The van der Waals surface area contributed by atoms with Crippen LogP contribution in [0.1, 0.15) is 21.9 Å². The van der Waals surface area contributed by atoms with E-state index in [1.165, 1.54) is 0 Å². The quantitative estimate of drug-likeness (QED) is 0.261. The number of carbonyl (C=O) groups is 1. The Bertz CT molecular complexity index is 1460. The molecule has 34 heavy (non-hydrogen) atoms. The Morgan fingerprint density at radius 2 is 1.71 bits per heavy atom. The van der Waals surface area contributed by atoms with Gasteiger partial charge in [-0.1, -0.05) is 0 Å². The van der Waals surface area contributed by atoms with Crippen molar-refractivity contribution in [2.24, 2.45) is 0 Å². The smallest absolute Gasteiger partial charge is 0.251 e. The lowest BCUT2D eigenvalue weighted by atomic mass is 10.2. The molecule has 1 amide bonds. The summed E-state index contributed by atoms with van der Waals surface area (Å²) < 4.78 is 6.55. The fourth-order valence-corrected chi connectivity index (χ4v) is 4.09. The zero-order chi connectivity index (χ0) is 23.5. The zero-order valence-corrected chi connectivity index (χ0v) is 19.0. The van der Waals surface area contributed by atoms with Gasteiger partial charge in [0.2, 0.25) is 5.95 Å². The monoisotopic (exact) mass is 471 g/mol. The molecular formula is C24H21N7O2S. The van der Waals surface area contributed by atoms with Crippen molar-refractivity contribution in [1.82, 2.24) is 20.3 Å². The van der Waals surface area contributed by atoms with Crippen molar-refractivity contribution in [3.63, 3.8) is 0 Å². The lowest BCUT2D eigenvalue weighted by molar-refractivity contribution is 0.0948. The van der Waals surface area contributed by atoms with E-state index in [2.05, 4.69) is 30.9 Å². The van der Waals surface area contributed by atoms with Crippen molar-refractivity contribution < 1.29 is 9.21 Å². The Kier molecular flexibility index (Phi) is 5.79. The normalized spacial score (nSPS) is 10.9. The standard InChI is InChI=1S/C24H21N7O2S/c1-14-2-8-18(33-14)12-26-23(32)15-3-5-16(6-4-15)28-21-11-22(31-24(25)30-21)29-17-7-9-19-20(10-17)34-13-27-19/h2-11,13H,12H2,1H3,(H,26,32)(H4,25,28,29,30,31). The van der Waals surface area contributed by atoms with Crippen molar-refractivity contribution in [3.8, 4) is 0 Å². The number of rotatable bonds is 7. The van der Waals surface area contributed by atoms with Gasteiger partial charge in [-0.15, -0.1) is 11.3 Å². The van der Waals surface area contributed by atoms with Gasteiger partial charge in [-0.3, -0.25) is 4.79 Å². The Morgan fingerprint density at radius 3 is 2.44 bits per heavy atom. The molecule has 9 nitrogen and oxygen atoms in total. The van der Waals surface area contributed by atoms with Crippen LogP contribution < -0.4 is 21.7 Å². The number of nitrogens with one attached hydrogen (secondary N) is 3. The molecule has 0 aliphatic rings. The van der Waals surface area contributed by atoms with Crippen LogP contribution >= 0.6 is 11.3 Å². The van der Waals surface area contributed by atoms with Crippen LogP contribution in [0.4, 0.5) is 29.0 Å². The first kappa shape index (κ1) is 21.4. The van der Waals surface area contributed by atoms with E-state index in [1.807, 2.05) is 42.8 Å². The van der Waals surface area contributed by atoms with Gasteiger partial charge in [0.05, 0.1) is 22.3 Å². The van der Waals surface area contributed by atoms with Gasteiger partial charge in [0.15, 0.2) is 0 Å². The Balaban J connectivity index is 1.24. The molecule has 0 unspecified atom stereocenters. The summed E-state index contributed by atoms with van der Waals surface area (Å²) in [5, 5.41) is 9.29. The molecule has 3 heterocycles. The molecule has 0 bridgehead atoms. The van der Waals surface area contributed by atoms with Crippen LogP contribution in [0.25, 0.3) is 10.2 Å². The first-order chi connectivity index (χ1) is 16.5. The Morgan fingerprint density at radius 1 is 0.971 bits per heavy atom. The maximum Gasteiger partial charge on any atom is 0.251 e. The number of furan rings is 1. The molecule has 0 atom stereocenters. The van der Waals surface area contributed by atoms with E-state index in [0.717, 1.165) is 27.4 Å². The number of nitrogens with zero attached hydrogens (tertiary/aromatic N) is 3. The third-order valence-corrected chi connectivity index (χ3v) is 5.78. The number of hydrogen-bond donors (Lipinski definition) is 4. The predicted molar refractivity (Wildman–Crippen MR) is 134 cm³/mol. The van der Waals surface area contributed by atoms with E-state index in [4.69, 9.17) is 10.2 Å². The van der Waals surface area contributed by atoms with Gasteiger partial charge in [-0.25, -0.2) is 4.98 Å². The highest BCUT2D eigenvalue weighted by Crippen LogP contribution is 2.25. The van der Waals surface area contributed by atoms with Crippen LogP contribution in [-0.4, -0.2) is 20.9 Å². The summed E-state index contributed by atoms with van der Waals surface area (Å²) >= 11 is 1.57. The minimum absolute atomic E-state index is 0.135. The highest BCUT2D eigenvalue weighted by atomic mass is 32.1. The maximum atomic E-state index is 12.4. The van der Waals surface area contributed by atoms with E-state index in [1.54, 1.807) is 41.7 Å². The van der Waals surface area contributed by atoms with Crippen molar-refractivity contribution in [2.45, 2.75) is 13.5 Å². The van der Waals surface area contributed by atoms with Gasteiger partial charge >= 0.3 is 0 Å². The van der Waals surface area contributed by atoms with Crippen LogP contribution in [0.5, 0.6) is 0 Å². The molecule has 0 saturated heterocycles. The van der Waals surface area contributed by atoms with Crippen molar-refractivity contribution in [2.75, 3.05) is 16.4 Å². The second kappa shape index (κ2) is 9.20. The number of benzene rings is 2. The minimum atomic E-state index is -0.184. The number of hydrogen-bond acceptors (Lipinski definition) is 9. The van der Waals surface area contributed by atoms with Crippen LogP contribution in [0.2, 0.25) is 0 Å². The third kappa shape index (κ3) is 4.97. The van der Waals surface area contributed by atoms with Gasteiger partial charge in [0.1, 0.15) is 23.2 Å². The van der Waals surface area contributed by atoms with Crippen LogP contribution in [-0.2, 0) is 6.54 Å². The van der Waals surface area contributed by atoms with E-state index in [-0.39, 0.29) is 11.9 Å². The zero-order valence-electron chi connectivity index (χ0n) is 18.2. The molecular weight excluding hydrogens is 450 g/mol. The number of thiazole rings is 1. The number of aromatic nitrogens is 3. The highest BCUT2D eigenvalue weighted by molar-refractivity contribution is 7.16. The number of nitrogen functional groups attached to an aromatic ring is 1. The van der Waals surface area contributed by atoms with Gasteiger partial charge in [-0.2, -0.15) is 9.97 Å². The fourth-order valence-electron chi connectivity index (χ4n) is 3.38. The number of amides is 1. The molecule has 0 saturated carbocycles. The summed E-state index contributed by atoms with van der Waals surface area (Å²) in [7, 11) is 0. The number of nitrogens with two attached hydrogens (primary N) is 1. The maximum absolute atomic E-state index is 12.4. The first-order valence-corrected chi connectivity index (χ1v) is 11.4. The Labute approximate surface area is 199 Å². The molecule has 170 valence electrons. The van der Waals surface area contributed by atoms with Crippen LogP contribution in [0.3, 0.4) is 0 Å². The molecule has 10 heteroatoms. The van der Waals surface area contributed by atoms with Crippen molar-refractivity contribution in [3.05, 3.63) is 83.3 Å². The third-order valence-electron chi connectivity index (χ3n) is 4.99. The molecule has 5 rings (SSSR count). The molecule has 0 spiro atoms. The average Bonchev–Trinajstić information content (AvgIpc) is 3.46. The van der Waals surface area contributed by atoms with Gasteiger partial charge < -0.3 is 26.1 Å². The van der Waals surface area contributed by atoms with E-state index >= 15 is 0 Å². The predicted octanol–water partition coefficient (Wildman–Crippen LogP) is 4.99. The van der Waals surface area contributed by atoms with E-state index in [0.29, 0.717) is 29.5 Å². The molecule has 0 aliphatic heterocycles. The molecule has 0 aliphatic carbocycles. The van der Waals surface area contributed by atoms with Gasteiger partial charge in [0, 0.05) is 23.0 Å². The van der Waals surface area contributed by atoms with E-state index < -0.39 is 0 Å². The molecule has 0 fully saturated rings. The molecule has 5 N–H and O–H groups in total.